The number of hydrogen-bond donors (Lipinski definition) is 1. The van der Waals surface area contributed by atoms with Crippen molar-refractivity contribution in [3.05, 3.63) is 17.0 Å². The molecule has 1 saturated heterocycles. The number of nitrogens with zero attached hydrogens (tertiary/aromatic N) is 1. The summed E-state index contributed by atoms with van der Waals surface area (Å²) in [6, 6.07) is 1.63. The number of thiophene rings is 1. The fraction of sp³-hybridized carbons (Fsp3) is 0.300. The maximum Gasteiger partial charge on any atom is 0.307 e. The van der Waals surface area contributed by atoms with Gasteiger partial charge in [0.05, 0.1) is 6.42 Å². The van der Waals surface area contributed by atoms with E-state index in [2.05, 4.69) is 0 Å². The molecule has 0 aromatic carbocycles. The van der Waals surface area contributed by atoms with E-state index in [0.717, 1.165) is 4.90 Å². The summed E-state index contributed by atoms with van der Waals surface area (Å²) in [5, 5.41) is 10.8. The Bertz CT molecular complexity index is 449. The molecule has 16 heavy (non-hydrogen) atoms. The molecular weight excluding hydrogens is 230 g/mol. The predicted octanol–water partition coefficient (Wildman–Crippen LogP) is 1.03. The van der Waals surface area contributed by atoms with Crippen LogP contribution in [0.1, 0.15) is 18.4 Å². The van der Waals surface area contributed by atoms with Crippen molar-refractivity contribution in [2.24, 2.45) is 0 Å². The summed E-state index contributed by atoms with van der Waals surface area (Å²) < 4.78 is 0. The van der Waals surface area contributed by atoms with Crippen LogP contribution in [0.2, 0.25) is 0 Å². The molecule has 0 spiro atoms. The van der Waals surface area contributed by atoms with Gasteiger partial charge >= 0.3 is 5.97 Å². The number of aliphatic carboxylic acids is 1. The molecule has 2 heterocycles. The van der Waals surface area contributed by atoms with Crippen LogP contribution in [0.15, 0.2) is 11.4 Å². The van der Waals surface area contributed by atoms with Crippen LogP contribution in [0, 0.1) is 0 Å². The summed E-state index contributed by atoms with van der Waals surface area (Å²) in [5.74, 6) is -1.48. The molecule has 2 amide bonds. The molecule has 0 aliphatic carbocycles. The van der Waals surface area contributed by atoms with Gasteiger partial charge in [-0.25, -0.2) is 4.90 Å². The van der Waals surface area contributed by atoms with Crippen LogP contribution in [0.5, 0.6) is 0 Å². The lowest BCUT2D eigenvalue weighted by Gasteiger charge is -2.12. The standard InChI is InChI=1S/C10H9NO4S/c12-7-1-2-8(13)11(7)10-6(3-4-16-10)5-9(14)15/h3-4H,1-2,5H2,(H,14,15). The first kappa shape index (κ1) is 10.8. The lowest BCUT2D eigenvalue weighted by Crippen LogP contribution is -2.28. The van der Waals surface area contributed by atoms with Crippen LogP contribution in [-0.4, -0.2) is 22.9 Å². The van der Waals surface area contributed by atoms with Crippen molar-refractivity contribution in [3.8, 4) is 0 Å². The number of amides is 2. The van der Waals surface area contributed by atoms with Crippen molar-refractivity contribution in [2.75, 3.05) is 4.90 Å². The summed E-state index contributed by atoms with van der Waals surface area (Å²) in [7, 11) is 0. The van der Waals surface area contributed by atoms with E-state index in [1.807, 2.05) is 0 Å². The Balaban J connectivity index is 2.33. The zero-order chi connectivity index (χ0) is 11.7. The maximum absolute atomic E-state index is 11.5. The molecule has 0 radical (unpaired) electrons. The lowest BCUT2D eigenvalue weighted by atomic mass is 10.2. The number of anilines is 1. The summed E-state index contributed by atoms with van der Waals surface area (Å²) in [4.78, 5) is 34.7. The molecule has 84 valence electrons. The zero-order valence-corrected chi connectivity index (χ0v) is 9.12. The summed E-state index contributed by atoms with van der Waals surface area (Å²) in [6.45, 7) is 0. The minimum Gasteiger partial charge on any atom is -0.481 e. The van der Waals surface area contributed by atoms with E-state index < -0.39 is 5.97 Å². The SMILES string of the molecule is O=C(O)Cc1ccsc1N1C(=O)CCC1=O. The van der Waals surface area contributed by atoms with Gasteiger partial charge in [-0.1, -0.05) is 0 Å². The molecule has 2 rings (SSSR count). The molecule has 5 nitrogen and oxygen atoms in total. The highest BCUT2D eigenvalue weighted by Gasteiger charge is 2.32. The number of carbonyl (C=O) groups is 3. The van der Waals surface area contributed by atoms with Crippen molar-refractivity contribution in [2.45, 2.75) is 19.3 Å². The van der Waals surface area contributed by atoms with Crippen molar-refractivity contribution in [1.82, 2.24) is 0 Å². The first-order valence-corrected chi connectivity index (χ1v) is 5.61. The third-order valence-electron chi connectivity index (χ3n) is 2.32. The van der Waals surface area contributed by atoms with Gasteiger partial charge in [-0.15, -0.1) is 11.3 Å². The van der Waals surface area contributed by atoms with Crippen LogP contribution in [-0.2, 0) is 20.8 Å². The van der Waals surface area contributed by atoms with Gasteiger partial charge in [-0.05, 0) is 17.0 Å². The van der Waals surface area contributed by atoms with E-state index in [1.165, 1.54) is 11.3 Å². The van der Waals surface area contributed by atoms with Gasteiger partial charge < -0.3 is 5.11 Å². The molecule has 6 heteroatoms. The van der Waals surface area contributed by atoms with Gasteiger partial charge in [-0.3, -0.25) is 14.4 Å². The van der Waals surface area contributed by atoms with Crippen molar-refractivity contribution >= 4 is 34.1 Å². The number of carboxylic acid groups (broad SMARTS) is 1. The normalized spacial score (nSPS) is 15.9. The molecule has 1 aromatic heterocycles. The second kappa shape index (κ2) is 4.05. The van der Waals surface area contributed by atoms with E-state index in [-0.39, 0.29) is 31.1 Å². The third-order valence-corrected chi connectivity index (χ3v) is 3.26. The highest BCUT2D eigenvalue weighted by Crippen LogP contribution is 2.32. The first-order valence-electron chi connectivity index (χ1n) is 4.73. The number of imide groups is 1. The van der Waals surface area contributed by atoms with Crippen molar-refractivity contribution in [1.29, 1.82) is 0 Å². The molecule has 0 atom stereocenters. The van der Waals surface area contributed by atoms with Gasteiger partial charge in [0.15, 0.2) is 0 Å². The molecule has 1 fully saturated rings. The highest BCUT2D eigenvalue weighted by molar-refractivity contribution is 7.14. The largest absolute Gasteiger partial charge is 0.481 e. The first-order chi connectivity index (χ1) is 7.59. The van der Waals surface area contributed by atoms with E-state index in [0.29, 0.717) is 10.6 Å². The topological polar surface area (TPSA) is 74.7 Å². The molecule has 0 unspecified atom stereocenters. The van der Waals surface area contributed by atoms with Gasteiger partial charge in [0.1, 0.15) is 5.00 Å². The molecule has 0 saturated carbocycles. The number of carbonyl (C=O) groups excluding carboxylic acids is 2. The lowest BCUT2D eigenvalue weighted by molar-refractivity contribution is -0.136. The zero-order valence-electron chi connectivity index (χ0n) is 8.30. The Morgan fingerprint density at radius 3 is 2.56 bits per heavy atom. The smallest absolute Gasteiger partial charge is 0.307 e. The van der Waals surface area contributed by atoms with Gasteiger partial charge in [0.2, 0.25) is 11.8 Å². The predicted molar refractivity (Wildman–Crippen MR) is 57.4 cm³/mol. The maximum atomic E-state index is 11.5. The fourth-order valence-corrected chi connectivity index (χ4v) is 2.59. The average Bonchev–Trinajstić information content (AvgIpc) is 2.74. The molecule has 0 bridgehead atoms. The summed E-state index contributed by atoms with van der Waals surface area (Å²) in [6.07, 6.45) is 0.252. The van der Waals surface area contributed by atoms with Crippen LogP contribution in [0.4, 0.5) is 5.00 Å². The molecule has 1 aliphatic heterocycles. The second-order valence-corrected chi connectivity index (χ2v) is 4.34. The Morgan fingerprint density at radius 2 is 2.00 bits per heavy atom. The minimum absolute atomic E-state index is 0.171. The third kappa shape index (κ3) is 1.83. The monoisotopic (exact) mass is 239 g/mol. The van der Waals surface area contributed by atoms with Crippen molar-refractivity contribution < 1.29 is 19.5 Å². The number of hydrogen-bond acceptors (Lipinski definition) is 4. The number of rotatable bonds is 3. The van der Waals surface area contributed by atoms with E-state index in [9.17, 15) is 14.4 Å². The summed E-state index contributed by atoms with van der Waals surface area (Å²) in [5.41, 5.74) is 0.515. The average molecular weight is 239 g/mol. The highest BCUT2D eigenvalue weighted by atomic mass is 32.1. The Kier molecular flexibility index (Phi) is 2.74. The summed E-state index contributed by atoms with van der Waals surface area (Å²) >= 11 is 1.22. The van der Waals surface area contributed by atoms with E-state index in [1.54, 1.807) is 11.4 Å². The van der Waals surface area contributed by atoms with Crippen LogP contribution >= 0.6 is 11.3 Å². The van der Waals surface area contributed by atoms with Gasteiger partial charge in [0, 0.05) is 12.8 Å². The van der Waals surface area contributed by atoms with Gasteiger partial charge in [-0.2, -0.15) is 0 Å². The van der Waals surface area contributed by atoms with Crippen molar-refractivity contribution in [3.63, 3.8) is 0 Å². The fourth-order valence-electron chi connectivity index (χ4n) is 1.62. The van der Waals surface area contributed by atoms with Crippen LogP contribution in [0.3, 0.4) is 0 Å². The van der Waals surface area contributed by atoms with E-state index >= 15 is 0 Å². The quantitative estimate of drug-likeness (QED) is 0.799. The minimum atomic E-state index is -0.973. The molecule has 1 aromatic rings. The van der Waals surface area contributed by atoms with Crippen LogP contribution < -0.4 is 4.90 Å². The van der Waals surface area contributed by atoms with E-state index in [4.69, 9.17) is 5.11 Å². The number of carboxylic acids is 1. The van der Waals surface area contributed by atoms with Gasteiger partial charge in [0.25, 0.3) is 0 Å². The molecule has 1 aliphatic rings. The second-order valence-electron chi connectivity index (χ2n) is 3.44. The Morgan fingerprint density at radius 1 is 1.38 bits per heavy atom. The molecular formula is C10H9NO4S. The molecule has 1 N–H and O–H groups in total. The Hall–Kier alpha value is -1.69. The Labute approximate surface area is 95.3 Å². The van der Waals surface area contributed by atoms with Crippen LogP contribution in [0.25, 0.3) is 0 Å².